The second kappa shape index (κ2) is 6.39. The summed E-state index contributed by atoms with van der Waals surface area (Å²) < 4.78 is 28.5. The van der Waals surface area contributed by atoms with Gasteiger partial charge in [-0.25, -0.2) is 8.42 Å². The molecular formula is C15H20O5S. The molecular weight excluding hydrogens is 292 g/mol. The van der Waals surface area contributed by atoms with Crippen LogP contribution in [-0.4, -0.2) is 33.0 Å². The van der Waals surface area contributed by atoms with Gasteiger partial charge >= 0.3 is 5.97 Å². The number of ketones is 1. The zero-order valence-corrected chi connectivity index (χ0v) is 13.5. The zero-order valence-electron chi connectivity index (χ0n) is 12.7. The standard InChI is InChI=1S/C15H20O5S/c1-15(2,3)11-5-7-13(8-6-11)21(18,19)10-12(16)9-14(17)20-4/h5-8H,9-10H2,1-4H3. The Balaban J connectivity index is 2.89. The van der Waals surface area contributed by atoms with Crippen molar-refractivity contribution in [3.63, 3.8) is 0 Å². The van der Waals surface area contributed by atoms with Crippen molar-refractivity contribution in [2.45, 2.75) is 37.5 Å². The molecule has 0 heterocycles. The Kier molecular flexibility index (Phi) is 5.28. The van der Waals surface area contributed by atoms with Crippen LogP contribution in [0.1, 0.15) is 32.8 Å². The average Bonchev–Trinajstić information content (AvgIpc) is 2.37. The van der Waals surface area contributed by atoms with Crippen LogP contribution < -0.4 is 0 Å². The molecule has 0 aliphatic carbocycles. The maximum absolute atomic E-state index is 12.1. The molecule has 6 heteroatoms. The van der Waals surface area contributed by atoms with E-state index in [1.807, 2.05) is 20.8 Å². The van der Waals surface area contributed by atoms with Crippen molar-refractivity contribution in [2.75, 3.05) is 12.9 Å². The molecule has 0 unspecified atom stereocenters. The summed E-state index contributed by atoms with van der Waals surface area (Å²) in [6, 6.07) is 6.44. The van der Waals surface area contributed by atoms with Gasteiger partial charge in [-0.2, -0.15) is 0 Å². The number of esters is 1. The summed E-state index contributed by atoms with van der Waals surface area (Å²) in [4.78, 5) is 22.6. The number of methoxy groups -OCH3 is 1. The number of sulfone groups is 1. The van der Waals surface area contributed by atoms with Crippen LogP contribution in [0.3, 0.4) is 0 Å². The highest BCUT2D eigenvalue weighted by Gasteiger charge is 2.22. The van der Waals surface area contributed by atoms with Crippen molar-refractivity contribution in [3.05, 3.63) is 29.8 Å². The van der Waals surface area contributed by atoms with Gasteiger partial charge in [0, 0.05) is 0 Å². The number of Topliss-reactive ketones (excluding diaryl/α,β-unsaturated/α-hetero) is 1. The quantitative estimate of drug-likeness (QED) is 0.613. The Bertz CT molecular complexity index is 621. The summed E-state index contributed by atoms with van der Waals surface area (Å²) in [6.07, 6.45) is -0.532. The van der Waals surface area contributed by atoms with E-state index in [9.17, 15) is 18.0 Å². The van der Waals surface area contributed by atoms with E-state index in [2.05, 4.69) is 4.74 Å². The smallest absolute Gasteiger partial charge is 0.313 e. The normalized spacial score (nSPS) is 12.0. The van der Waals surface area contributed by atoms with Crippen molar-refractivity contribution in [2.24, 2.45) is 0 Å². The first kappa shape index (κ1) is 17.4. The van der Waals surface area contributed by atoms with Crippen LogP contribution in [0.2, 0.25) is 0 Å². The third-order valence-electron chi connectivity index (χ3n) is 3.00. The first-order valence-corrected chi connectivity index (χ1v) is 8.13. The number of benzene rings is 1. The number of carbonyl (C=O) groups is 2. The molecule has 21 heavy (non-hydrogen) atoms. The minimum absolute atomic E-state index is 0.0775. The van der Waals surface area contributed by atoms with E-state index >= 15 is 0 Å². The largest absolute Gasteiger partial charge is 0.469 e. The van der Waals surface area contributed by atoms with Gasteiger partial charge in [-0.1, -0.05) is 32.9 Å². The molecule has 116 valence electrons. The van der Waals surface area contributed by atoms with Gasteiger partial charge in [0.15, 0.2) is 15.6 Å². The first-order valence-electron chi connectivity index (χ1n) is 6.48. The van der Waals surface area contributed by atoms with Crippen LogP contribution in [0.25, 0.3) is 0 Å². The maximum Gasteiger partial charge on any atom is 0.313 e. The molecule has 0 radical (unpaired) electrons. The van der Waals surface area contributed by atoms with Gasteiger partial charge in [0.25, 0.3) is 0 Å². The van der Waals surface area contributed by atoms with Gasteiger partial charge in [-0.15, -0.1) is 0 Å². The van der Waals surface area contributed by atoms with E-state index in [1.165, 1.54) is 12.1 Å². The third-order valence-corrected chi connectivity index (χ3v) is 4.69. The van der Waals surface area contributed by atoms with E-state index < -0.39 is 33.8 Å². The van der Waals surface area contributed by atoms with Crippen LogP contribution >= 0.6 is 0 Å². The van der Waals surface area contributed by atoms with Crippen molar-refractivity contribution < 1.29 is 22.7 Å². The lowest BCUT2D eigenvalue weighted by Crippen LogP contribution is -2.20. The Morgan fingerprint density at radius 1 is 1.10 bits per heavy atom. The van der Waals surface area contributed by atoms with E-state index in [-0.39, 0.29) is 10.3 Å². The molecule has 0 bridgehead atoms. The lowest BCUT2D eigenvalue weighted by Gasteiger charge is -2.19. The Morgan fingerprint density at radius 3 is 2.05 bits per heavy atom. The molecule has 0 amide bonds. The highest BCUT2D eigenvalue weighted by Crippen LogP contribution is 2.23. The fourth-order valence-electron chi connectivity index (χ4n) is 1.74. The second-order valence-corrected chi connectivity index (χ2v) is 7.81. The summed E-state index contributed by atoms with van der Waals surface area (Å²) >= 11 is 0. The second-order valence-electron chi connectivity index (χ2n) is 5.83. The Hall–Kier alpha value is -1.69. The predicted molar refractivity (Wildman–Crippen MR) is 78.8 cm³/mol. The van der Waals surface area contributed by atoms with Crippen LogP contribution in [0.5, 0.6) is 0 Å². The molecule has 0 aliphatic heterocycles. The number of hydrogen-bond acceptors (Lipinski definition) is 5. The predicted octanol–water partition coefficient (Wildman–Crippen LogP) is 1.89. The van der Waals surface area contributed by atoms with E-state index in [4.69, 9.17) is 0 Å². The SMILES string of the molecule is COC(=O)CC(=O)CS(=O)(=O)c1ccc(C(C)(C)C)cc1. The molecule has 0 N–H and O–H groups in total. The zero-order chi connectivity index (χ0) is 16.3. The number of ether oxygens (including phenoxy) is 1. The Labute approximate surface area is 125 Å². The molecule has 0 aromatic heterocycles. The fourth-order valence-corrected chi connectivity index (χ4v) is 2.99. The fraction of sp³-hybridized carbons (Fsp3) is 0.467. The molecule has 1 aromatic carbocycles. The highest BCUT2D eigenvalue weighted by atomic mass is 32.2. The molecule has 0 spiro atoms. The van der Waals surface area contributed by atoms with Crippen LogP contribution in [0, 0.1) is 0 Å². The summed E-state index contributed by atoms with van der Waals surface area (Å²) in [5, 5.41) is 0. The van der Waals surface area contributed by atoms with Crippen molar-refractivity contribution >= 4 is 21.6 Å². The first-order chi connectivity index (χ1) is 9.56. The molecule has 0 atom stereocenters. The van der Waals surface area contributed by atoms with Gasteiger partial charge in [-0.3, -0.25) is 9.59 Å². The van der Waals surface area contributed by atoms with Crippen LogP contribution in [0.15, 0.2) is 29.2 Å². The van der Waals surface area contributed by atoms with Crippen molar-refractivity contribution in [1.82, 2.24) is 0 Å². The monoisotopic (exact) mass is 312 g/mol. The lowest BCUT2D eigenvalue weighted by atomic mass is 9.87. The number of hydrogen-bond donors (Lipinski definition) is 0. The maximum atomic E-state index is 12.1. The average molecular weight is 312 g/mol. The summed E-state index contributed by atoms with van der Waals surface area (Å²) in [5.74, 6) is -2.11. The molecule has 0 aliphatic rings. The third kappa shape index (κ3) is 4.97. The minimum Gasteiger partial charge on any atom is -0.469 e. The molecule has 0 saturated carbocycles. The van der Waals surface area contributed by atoms with E-state index in [0.717, 1.165) is 12.7 Å². The van der Waals surface area contributed by atoms with E-state index in [0.29, 0.717) is 0 Å². The molecule has 1 rings (SSSR count). The molecule has 0 saturated heterocycles. The van der Waals surface area contributed by atoms with Gasteiger partial charge < -0.3 is 4.74 Å². The van der Waals surface area contributed by atoms with Crippen molar-refractivity contribution in [3.8, 4) is 0 Å². The number of carbonyl (C=O) groups excluding carboxylic acids is 2. The van der Waals surface area contributed by atoms with Gasteiger partial charge in [0.1, 0.15) is 12.2 Å². The lowest BCUT2D eigenvalue weighted by molar-refractivity contribution is -0.142. The van der Waals surface area contributed by atoms with Gasteiger partial charge in [-0.05, 0) is 23.1 Å². The van der Waals surface area contributed by atoms with Gasteiger partial charge in [0.2, 0.25) is 0 Å². The number of rotatable bonds is 5. The summed E-state index contributed by atoms with van der Waals surface area (Å²) in [6.45, 7) is 6.07. The summed E-state index contributed by atoms with van der Waals surface area (Å²) in [7, 11) is -2.58. The Morgan fingerprint density at radius 2 is 1.62 bits per heavy atom. The van der Waals surface area contributed by atoms with E-state index in [1.54, 1.807) is 12.1 Å². The molecule has 1 aromatic rings. The van der Waals surface area contributed by atoms with Gasteiger partial charge in [0.05, 0.1) is 12.0 Å². The minimum atomic E-state index is -3.73. The highest BCUT2D eigenvalue weighted by molar-refractivity contribution is 7.92. The molecule has 5 nitrogen and oxygen atoms in total. The molecule has 0 fully saturated rings. The van der Waals surface area contributed by atoms with Crippen LogP contribution in [-0.2, 0) is 29.6 Å². The van der Waals surface area contributed by atoms with Crippen LogP contribution in [0.4, 0.5) is 0 Å². The van der Waals surface area contributed by atoms with Crippen molar-refractivity contribution in [1.29, 1.82) is 0 Å². The topological polar surface area (TPSA) is 77.5 Å². The summed E-state index contributed by atoms with van der Waals surface area (Å²) in [5.41, 5.74) is 0.922.